The molecule has 228 valence electrons. The van der Waals surface area contributed by atoms with E-state index in [1.165, 1.54) is 13.3 Å². The molecule has 2 unspecified atom stereocenters. The first-order valence-corrected chi connectivity index (χ1v) is 15.4. The molecule has 0 spiro atoms. The first-order chi connectivity index (χ1) is 20.9. The zero-order chi connectivity index (χ0) is 30.1. The number of ether oxygens (including phenoxy) is 3. The van der Waals surface area contributed by atoms with Gasteiger partial charge >= 0.3 is 5.97 Å². The quantitative estimate of drug-likeness (QED) is 0.264. The molecular formula is C35H41FN2O5. The van der Waals surface area contributed by atoms with Crippen LogP contribution in [0.25, 0.3) is 11.1 Å². The number of nitrogens with zero attached hydrogens (tertiary/aromatic N) is 2. The van der Waals surface area contributed by atoms with Gasteiger partial charge in [0.25, 0.3) is 0 Å². The number of hydrogen-bond donors (Lipinski definition) is 1. The fraction of sp³-hybridized carbons (Fsp3) is 0.486. The molecule has 0 radical (unpaired) electrons. The Balaban J connectivity index is 1.32. The molecule has 1 saturated heterocycles. The summed E-state index contributed by atoms with van der Waals surface area (Å²) in [4.78, 5) is 18.4. The highest BCUT2D eigenvalue weighted by atomic mass is 19.1. The average molecular weight is 589 g/mol. The second-order valence-electron chi connectivity index (χ2n) is 12.3. The summed E-state index contributed by atoms with van der Waals surface area (Å²) in [5, 5.41) is 9.77. The average Bonchev–Trinajstić information content (AvgIpc) is 3.76. The molecule has 1 N–H and O–H groups in total. The van der Waals surface area contributed by atoms with Crippen molar-refractivity contribution >= 4 is 5.97 Å². The largest absolute Gasteiger partial charge is 0.485 e. The van der Waals surface area contributed by atoms with Gasteiger partial charge in [0.1, 0.15) is 17.7 Å². The van der Waals surface area contributed by atoms with Crippen LogP contribution in [0.1, 0.15) is 73.3 Å². The molecule has 2 aliphatic heterocycles. The zero-order valence-corrected chi connectivity index (χ0v) is 25.2. The van der Waals surface area contributed by atoms with Crippen LogP contribution in [-0.2, 0) is 22.5 Å². The number of aryl methyl sites for hydroxylation is 1. The number of methoxy groups -OCH3 is 2. The van der Waals surface area contributed by atoms with Crippen LogP contribution in [0.5, 0.6) is 11.6 Å². The van der Waals surface area contributed by atoms with Crippen molar-refractivity contribution in [1.29, 1.82) is 0 Å². The molecule has 8 heteroatoms. The van der Waals surface area contributed by atoms with Crippen molar-refractivity contribution < 1.29 is 28.5 Å². The molecule has 6 rings (SSSR count). The van der Waals surface area contributed by atoms with Gasteiger partial charge in [-0.3, -0.25) is 9.69 Å². The molecular weight excluding hydrogens is 547 g/mol. The number of carbonyl (C=O) groups is 1. The van der Waals surface area contributed by atoms with E-state index in [4.69, 9.17) is 14.2 Å². The lowest BCUT2D eigenvalue weighted by Crippen LogP contribution is -2.32. The highest BCUT2D eigenvalue weighted by Gasteiger charge is 2.39. The van der Waals surface area contributed by atoms with Crippen LogP contribution >= 0.6 is 0 Å². The van der Waals surface area contributed by atoms with Gasteiger partial charge in [-0.2, -0.15) is 0 Å². The molecule has 1 saturated carbocycles. The van der Waals surface area contributed by atoms with E-state index in [1.54, 1.807) is 13.2 Å². The van der Waals surface area contributed by atoms with E-state index in [-0.39, 0.29) is 17.8 Å². The minimum atomic E-state index is -0.755. The lowest BCUT2D eigenvalue weighted by atomic mass is 9.82. The van der Waals surface area contributed by atoms with Crippen molar-refractivity contribution in [2.45, 2.75) is 70.1 Å². The van der Waals surface area contributed by atoms with Crippen molar-refractivity contribution in [2.75, 3.05) is 27.4 Å². The van der Waals surface area contributed by atoms with Gasteiger partial charge in [0.2, 0.25) is 5.88 Å². The number of aromatic nitrogens is 1. The third-order valence-corrected chi connectivity index (χ3v) is 9.54. The third kappa shape index (κ3) is 6.27. The van der Waals surface area contributed by atoms with Crippen LogP contribution < -0.4 is 9.47 Å². The first-order valence-electron chi connectivity index (χ1n) is 15.4. The molecule has 1 aromatic heterocycles. The van der Waals surface area contributed by atoms with Crippen LogP contribution in [0.4, 0.5) is 4.39 Å². The number of likely N-dealkylation sites (tertiary alicyclic amines) is 1. The van der Waals surface area contributed by atoms with Crippen molar-refractivity contribution in [3.8, 4) is 22.8 Å². The minimum Gasteiger partial charge on any atom is -0.485 e. The van der Waals surface area contributed by atoms with Gasteiger partial charge in [-0.1, -0.05) is 37.3 Å². The summed E-state index contributed by atoms with van der Waals surface area (Å²) < 4.78 is 32.6. The molecule has 43 heavy (non-hydrogen) atoms. The van der Waals surface area contributed by atoms with Gasteiger partial charge in [0.05, 0.1) is 25.8 Å². The lowest BCUT2D eigenvalue weighted by Gasteiger charge is -2.30. The summed E-state index contributed by atoms with van der Waals surface area (Å²) >= 11 is 0. The van der Waals surface area contributed by atoms with E-state index < -0.39 is 11.9 Å². The Kier molecular flexibility index (Phi) is 8.68. The molecule has 0 bridgehead atoms. The van der Waals surface area contributed by atoms with E-state index in [0.717, 1.165) is 78.6 Å². The fourth-order valence-electron chi connectivity index (χ4n) is 7.05. The maximum absolute atomic E-state index is 15.2. The summed E-state index contributed by atoms with van der Waals surface area (Å²) in [6, 6.07) is 14.5. The number of halogens is 1. The topological polar surface area (TPSA) is 81.1 Å². The standard InChI is InChI=1S/C35H41FN2O5/c1-21(35(39)40)34(23-7-8-23)25-9-6-22-11-13-31(43-32(22)16-25)24-10-12-28(29-17-33(42-3)37-18-30(29)36)26(15-24)19-38-14-4-5-27(38)20-41-2/h6,9-10,12,15-18,21,23,27,31,34H,4-5,7-8,11,13-14,19-20H2,1-3H3,(H,39,40)/t21-,27-,31?,34?/m0/s1. The molecule has 1 aliphatic carbocycles. The Bertz CT molecular complexity index is 1470. The van der Waals surface area contributed by atoms with Gasteiger partial charge in [0, 0.05) is 31.3 Å². The van der Waals surface area contributed by atoms with E-state index in [9.17, 15) is 9.90 Å². The molecule has 2 fully saturated rings. The predicted octanol–water partition coefficient (Wildman–Crippen LogP) is 6.79. The van der Waals surface area contributed by atoms with Gasteiger partial charge in [-0.25, -0.2) is 9.37 Å². The first kappa shape index (κ1) is 29.6. The van der Waals surface area contributed by atoms with E-state index in [2.05, 4.69) is 34.1 Å². The zero-order valence-electron chi connectivity index (χ0n) is 25.2. The Morgan fingerprint density at radius 3 is 2.70 bits per heavy atom. The van der Waals surface area contributed by atoms with Gasteiger partial charge in [-0.15, -0.1) is 0 Å². The van der Waals surface area contributed by atoms with Gasteiger partial charge in [-0.05, 0) is 90.8 Å². The van der Waals surface area contributed by atoms with Crippen LogP contribution in [0.2, 0.25) is 0 Å². The molecule has 0 amide bonds. The smallest absolute Gasteiger partial charge is 0.306 e. The number of benzene rings is 2. The maximum atomic E-state index is 15.2. The second-order valence-corrected chi connectivity index (χ2v) is 12.3. The van der Waals surface area contributed by atoms with Crippen LogP contribution in [0.3, 0.4) is 0 Å². The van der Waals surface area contributed by atoms with Crippen molar-refractivity contribution in [1.82, 2.24) is 9.88 Å². The summed E-state index contributed by atoms with van der Waals surface area (Å²) in [7, 11) is 3.27. The van der Waals surface area contributed by atoms with Gasteiger partial charge < -0.3 is 19.3 Å². The van der Waals surface area contributed by atoms with E-state index >= 15 is 4.39 Å². The molecule has 3 heterocycles. The Labute approximate surface area is 253 Å². The summed E-state index contributed by atoms with van der Waals surface area (Å²) in [6.07, 6.45) is 7.09. The summed E-state index contributed by atoms with van der Waals surface area (Å²) in [5.74, 6) is 0.0289. The molecule has 4 atom stereocenters. The molecule has 7 nitrogen and oxygen atoms in total. The van der Waals surface area contributed by atoms with Gasteiger partial charge in [0.15, 0.2) is 0 Å². The van der Waals surface area contributed by atoms with E-state index in [0.29, 0.717) is 36.6 Å². The Morgan fingerprint density at radius 2 is 1.95 bits per heavy atom. The predicted molar refractivity (Wildman–Crippen MR) is 162 cm³/mol. The van der Waals surface area contributed by atoms with Crippen molar-refractivity contribution in [3.05, 3.63) is 76.7 Å². The van der Waals surface area contributed by atoms with Crippen LogP contribution in [0, 0.1) is 17.7 Å². The highest BCUT2D eigenvalue weighted by molar-refractivity contribution is 5.71. The second kappa shape index (κ2) is 12.6. The highest BCUT2D eigenvalue weighted by Crippen LogP contribution is 2.48. The normalized spacial score (nSPS) is 21.6. The number of aliphatic carboxylic acids is 1. The fourth-order valence-corrected chi connectivity index (χ4v) is 7.05. The number of hydrogen-bond acceptors (Lipinski definition) is 6. The van der Waals surface area contributed by atoms with Crippen molar-refractivity contribution in [2.24, 2.45) is 11.8 Å². The minimum absolute atomic E-state index is 0.00887. The summed E-state index contributed by atoms with van der Waals surface area (Å²) in [5.41, 5.74) is 5.57. The summed E-state index contributed by atoms with van der Waals surface area (Å²) in [6.45, 7) is 4.12. The van der Waals surface area contributed by atoms with E-state index in [1.807, 2.05) is 19.1 Å². The monoisotopic (exact) mass is 588 g/mol. The SMILES string of the molecule is COC[C@@H]1CCCN1Cc1cc(C2CCc3ccc(C(C4CC4)[C@H](C)C(=O)O)cc3O2)ccc1-c1cc(OC)ncc1F. The maximum Gasteiger partial charge on any atom is 0.306 e. The van der Waals surface area contributed by atoms with Crippen LogP contribution in [0.15, 0.2) is 48.7 Å². The number of fused-ring (bicyclic) bond motifs is 1. The molecule has 2 aromatic carbocycles. The number of carboxylic acids is 1. The Hall–Kier alpha value is -3.49. The third-order valence-electron chi connectivity index (χ3n) is 9.54. The Morgan fingerprint density at radius 1 is 1.12 bits per heavy atom. The number of carboxylic acid groups (broad SMARTS) is 1. The number of rotatable bonds is 11. The number of pyridine rings is 1. The molecule has 3 aromatic rings. The lowest BCUT2D eigenvalue weighted by molar-refractivity contribution is -0.142. The van der Waals surface area contributed by atoms with Crippen molar-refractivity contribution in [3.63, 3.8) is 0 Å². The van der Waals surface area contributed by atoms with Crippen LogP contribution in [-0.4, -0.2) is 54.4 Å². The molecule has 3 aliphatic rings.